The maximum absolute atomic E-state index is 9.32. The first-order chi connectivity index (χ1) is 7.83. The van der Waals surface area contributed by atoms with E-state index in [4.69, 9.17) is 0 Å². The molecule has 2 aromatic heterocycles. The fourth-order valence-electron chi connectivity index (χ4n) is 1.64. The first-order valence-electron chi connectivity index (χ1n) is 4.77. The summed E-state index contributed by atoms with van der Waals surface area (Å²) >= 11 is 0. The van der Waals surface area contributed by atoms with Crippen LogP contribution in [0.2, 0.25) is 0 Å². The third kappa shape index (κ3) is 1.38. The molecule has 3 aromatic rings. The van der Waals surface area contributed by atoms with Crippen LogP contribution in [-0.4, -0.2) is 25.0 Å². The molecule has 0 aliphatic heterocycles. The summed E-state index contributed by atoms with van der Waals surface area (Å²) in [5.41, 5.74) is 1.74. The predicted octanol–water partition coefficient (Wildman–Crippen LogP) is 1.73. The molecule has 0 aliphatic rings. The number of benzene rings is 1. The van der Waals surface area contributed by atoms with Gasteiger partial charge >= 0.3 is 0 Å². The van der Waals surface area contributed by atoms with Crippen LogP contribution in [0.1, 0.15) is 0 Å². The zero-order valence-corrected chi connectivity index (χ0v) is 8.25. The quantitative estimate of drug-likeness (QED) is 0.644. The van der Waals surface area contributed by atoms with E-state index >= 15 is 0 Å². The minimum absolute atomic E-state index is 0.155. The molecule has 0 bridgehead atoms. The van der Waals surface area contributed by atoms with Crippen LogP contribution in [0, 0.1) is 0 Å². The molecule has 0 spiro atoms. The topological polar surface area (TPSA) is 74.7 Å². The molecule has 0 aliphatic carbocycles. The van der Waals surface area contributed by atoms with Gasteiger partial charge < -0.3 is 10.1 Å². The highest BCUT2D eigenvalue weighted by atomic mass is 16.3. The summed E-state index contributed by atoms with van der Waals surface area (Å²) in [7, 11) is 0. The Labute approximate surface area is 90.8 Å². The summed E-state index contributed by atoms with van der Waals surface area (Å²) in [6.07, 6.45) is 2.91. The van der Waals surface area contributed by atoms with Gasteiger partial charge in [0.25, 0.3) is 0 Å². The Hall–Kier alpha value is -2.43. The Balaban J connectivity index is 2.18. The molecule has 2 heterocycles. The lowest BCUT2D eigenvalue weighted by Gasteiger charge is -1.98. The monoisotopic (exact) mass is 212 g/mol. The maximum atomic E-state index is 9.32. The van der Waals surface area contributed by atoms with Crippen LogP contribution in [0.3, 0.4) is 0 Å². The van der Waals surface area contributed by atoms with Crippen LogP contribution in [0.4, 0.5) is 0 Å². The van der Waals surface area contributed by atoms with E-state index < -0.39 is 0 Å². The highest BCUT2D eigenvalue weighted by Gasteiger charge is 2.04. The summed E-state index contributed by atoms with van der Waals surface area (Å²) in [4.78, 5) is 14.7. The second kappa shape index (κ2) is 3.30. The molecule has 0 fully saturated rings. The van der Waals surface area contributed by atoms with Gasteiger partial charge in [-0.1, -0.05) is 12.1 Å². The molecule has 0 saturated carbocycles. The van der Waals surface area contributed by atoms with Crippen LogP contribution in [0.15, 0.2) is 36.9 Å². The SMILES string of the molecule is Oc1cc2ccc(-c3ncncn3)cc2[nH]1. The van der Waals surface area contributed by atoms with Crippen molar-refractivity contribution in [3.63, 3.8) is 0 Å². The van der Waals surface area contributed by atoms with Crippen molar-refractivity contribution >= 4 is 10.9 Å². The lowest BCUT2D eigenvalue weighted by atomic mass is 10.1. The molecule has 3 rings (SSSR count). The van der Waals surface area contributed by atoms with Gasteiger partial charge in [-0.3, -0.25) is 0 Å². The molecule has 5 heteroatoms. The van der Waals surface area contributed by atoms with Crippen LogP contribution in [0.5, 0.6) is 5.88 Å². The molecule has 0 saturated heterocycles. The molecule has 5 nitrogen and oxygen atoms in total. The van der Waals surface area contributed by atoms with Gasteiger partial charge in [-0.15, -0.1) is 0 Å². The summed E-state index contributed by atoms with van der Waals surface area (Å²) in [5.74, 6) is 0.772. The van der Waals surface area contributed by atoms with Crippen LogP contribution < -0.4 is 0 Å². The first kappa shape index (κ1) is 8.84. The Morgan fingerprint density at radius 1 is 1.06 bits per heavy atom. The second-order valence-electron chi connectivity index (χ2n) is 3.42. The normalized spacial score (nSPS) is 10.8. The molecule has 1 aromatic carbocycles. The van der Waals surface area contributed by atoms with Crippen molar-refractivity contribution < 1.29 is 5.11 Å². The number of aromatic hydroxyl groups is 1. The molecular weight excluding hydrogens is 204 g/mol. The van der Waals surface area contributed by atoms with Gasteiger partial charge in [0.05, 0.1) is 0 Å². The maximum Gasteiger partial charge on any atom is 0.189 e. The predicted molar refractivity (Wildman–Crippen MR) is 58.8 cm³/mol. The van der Waals surface area contributed by atoms with Gasteiger partial charge in [0.1, 0.15) is 12.7 Å². The third-order valence-corrected chi connectivity index (χ3v) is 2.36. The molecule has 16 heavy (non-hydrogen) atoms. The number of rotatable bonds is 1. The Morgan fingerprint density at radius 3 is 2.69 bits per heavy atom. The van der Waals surface area contributed by atoms with Crippen molar-refractivity contribution in [3.8, 4) is 17.3 Å². The van der Waals surface area contributed by atoms with Crippen molar-refractivity contribution in [2.45, 2.75) is 0 Å². The van der Waals surface area contributed by atoms with Crippen molar-refractivity contribution in [2.24, 2.45) is 0 Å². The summed E-state index contributed by atoms with van der Waals surface area (Å²) in [6.45, 7) is 0. The number of fused-ring (bicyclic) bond motifs is 1. The van der Waals surface area contributed by atoms with E-state index in [0.717, 1.165) is 16.5 Å². The number of nitrogens with zero attached hydrogens (tertiary/aromatic N) is 3. The van der Waals surface area contributed by atoms with E-state index in [9.17, 15) is 5.11 Å². The fraction of sp³-hybridized carbons (Fsp3) is 0. The highest BCUT2D eigenvalue weighted by molar-refractivity contribution is 5.85. The molecule has 78 valence electrons. The summed E-state index contributed by atoms with van der Waals surface area (Å²) in [5, 5.41) is 10.3. The standard InChI is InChI=1S/C11H8N4O/c16-10-4-7-1-2-8(3-9(7)15-10)11-13-5-12-6-14-11/h1-6,15-16H. The van der Waals surface area contributed by atoms with E-state index in [2.05, 4.69) is 19.9 Å². The van der Waals surface area contributed by atoms with Crippen molar-refractivity contribution in [3.05, 3.63) is 36.9 Å². The smallest absolute Gasteiger partial charge is 0.189 e. The van der Waals surface area contributed by atoms with Gasteiger partial charge in [-0.05, 0) is 6.07 Å². The highest BCUT2D eigenvalue weighted by Crippen LogP contribution is 2.23. The van der Waals surface area contributed by atoms with E-state index in [1.807, 2.05) is 18.2 Å². The Bertz CT molecular complexity index is 633. The van der Waals surface area contributed by atoms with Gasteiger partial charge in [-0.2, -0.15) is 0 Å². The van der Waals surface area contributed by atoms with Gasteiger partial charge in [0, 0.05) is 22.5 Å². The molecule has 0 unspecified atom stereocenters. The minimum Gasteiger partial charge on any atom is -0.495 e. The van der Waals surface area contributed by atoms with Gasteiger partial charge in [0.2, 0.25) is 0 Å². The number of aromatic amines is 1. The first-order valence-corrected chi connectivity index (χ1v) is 4.77. The van der Waals surface area contributed by atoms with Crippen LogP contribution in [0.25, 0.3) is 22.3 Å². The zero-order chi connectivity index (χ0) is 11.0. The van der Waals surface area contributed by atoms with Gasteiger partial charge in [-0.25, -0.2) is 15.0 Å². The molecule has 2 N–H and O–H groups in total. The average molecular weight is 212 g/mol. The van der Waals surface area contributed by atoms with E-state index in [-0.39, 0.29) is 5.88 Å². The number of nitrogens with one attached hydrogen (secondary N) is 1. The average Bonchev–Trinajstić information content (AvgIpc) is 2.69. The van der Waals surface area contributed by atoms with Gasteiger partial charge in [0.15, 0.2) is 11.7 Å². The zero-order valence-electron chi connectivity index (χ0n) is 8.25. The van der Waals surface area contributed by atoms with Crippen LogP contribution >= 0.6 is 0 Å². The lowest BCUT2D eigenvalue weighted by molar-refractivity contribution is 0.458. The summed E-state index contributed by atoms with van der Waals surface area (Å²) in [6, 6.07) is 7.38. The van der Waals surface area contributed by atoms with Crippen molar-refractivity contribution in [1.82, 2.24) is 19.9 Å². The van der Waals surface area contributed by atoms with E-state index in [0.29, 0.717) is 5.82 Å². The van der Waals surface area contributed by atoms with E-state index in [1.165, 1.54) is 12.7 Å². The van der Waals surface area contributed by atoms with Crippen molar-refractivity contribution in [2.75, 3.05) is 0 Å². The summed E-state index contributed by atoms with van der Waals surface area (Å²) < 4.78 is 0. The molecule has 0 atom stereocenters. The fourth-order valence-corrected chi connectivity index (χ4v) is 1.64. The largest absolute Gasteiger partial charge is 0.495 e. The number of aromatic nitrogens is 4. The number of H-pyrrole nitrogens is 1. The molecular formula is C11H8N4O. The Kier molecular flexibility index (Phi) is 1.83. The minimum atomic E-state index is 0.155. The molecule has 0 amide bonds. The number of hydrogen-bond acceptors (Lipinski definition) is 4. The number of hydrogen-bond donors (Lipinski definition) is 2. The van der Waals surface area contributed by atoms with Crippen molar-refractivity contribution in [1.29, 1.82) is 0 Å². The lowest BCUT2D eigenvalue weighted by Crippen LogP contribution is -1.88. The Morgan fingerprint density at radius 2 is 1.88 bits per heavy atom. The second-order valence-corrected chi connectivity index (χ2v) is 3.42. The van der Waals surface area contributed by atoms with E-state index in [1.54, 1.807) is 6.07 Å². The molecule has 0 radical (unpaired) electrons. The third-order valence-electron chi connectivity index (χ3n) is 2.36. The van der Waals surface area contributed by atoms with Crippen LogP contribution in [-0.2, 0) is 0 Å².